The molecule has 0 unspecified atom stereocenters. The Labute approximate surface area is 142 Å². The van der Waals surface area contributed by atoms with Crippen LogP contribution in [0.3, 0.4) is 0 Å². The van der Waals surface area contributed by atoms with E-state index in [0.717, 1.165) is 11.1 Å². The molecule has 1 amide bonds. The Balaban J connectivity index is 1.80. The number of carbonyl (C=O) groups excluding carboxylic acids is 1. The van der Waals surface area contributed by atoms with Gasteiger partial charge in [0.1, 0.15) is 6.26 Å². The van der Waals surface area contributed by atoms with Gasteiger partial charge in [0.05, 0.1) is 16.8 Å². The predicted octanol–water partition coefficient (Wildman–Crippen LogP) is 4.81. The normalized spacial score (nSPS) is 11.3. The van der Waals surface area contributed by atoms with Gasteiger partial charge in [0.25, 0.3) is 5.91 Å². The zero-order valence-electron chi connectivity index (χ0n) is 12.1. The third-order valence-electron chi connectivity index (χ3n) is 3.29. The van der Waals surface area contributed by atoms with E-state index < -0.39 is 5.91 Å². The smallest absolute Gasteiger partial charge is 0.275 e. The number of furan rings is 1. The maximum atomic E-state index is 12.2. The Morgan fingerprint density at radius 3 is 2.70 bits per heavy atom. The lowest BCUT2D eigenvalue weighted by Crippen LogP contribution is -2.17. The number of amides is 1. The molecular formula is C17H12Cl2N2O2. The van der Waals surface area contributed by atoms with E-state index in [4.69, 9.17) is 27.6 Å². The van der Waals surface area contributed by atoms with Gasteiger partial charge in [-0.05, 0) is 24.6 Å². The van der Waals surface area contributed by atoms with Crippen molar-refractivity contribution in [2.75, 3.05) is 0 Å². The standard InChI is InChI=1S/C17H12Cl2N2O2/c1-10-2-4-11(5-3-10)8-20-21-17(22)14-9-23-16-13(14)6-12(18)7-15(16)19/h2-9H,1H3,(H,21,22)/b20-8+. The number of carbonyl (C=O) groups is 1. The first-order chi connectivity index (χ1) is 11.0. The number of fused-ring (bicyclic) bond motifs is 1. The van der Waals surface area contributed by atoms with Crippen molar-refractivity contribution in [2.24, 2.45) is 5.10 Å². The van der Waals surface area contributed by atoms with Gasteiger partial charge in [-0.15, -0.1) is 0 Å². The molecule has 1 aromatic heterocycles. The van der Waals surface area contributed by atoms with Crippen LogP contribution in [0.4, 0.5) is 0 Å². The summed E-state index contributed by atoms with van der Waals surface area (Å²) in [5.74, 6) is -0.398. The molecule has 0 atom stereocenters. The molecule has 2 aromatic carbocycles. The molecule has 0 aliphatic carbocycles. The number of halogens is 2. The van der Waals surface area contributed by atoms with Crippen molar-refractivity contribution in [3.63, 3.8) is 0 Å². The minimum Gasteiger partial charge on any atom is -0.462 e. The fourth-order valence-corrected chi connectivity index (χ4v) is 2.65. The molecule has 0 radical (unpaired) electrons. The summed E-state index contributed by atoms with van der Waals surface area (Å²) in [6.07, 6.45) is 2.91. The lowest BCUT2D eigenvalue weighted by Gasteiger charge is -1.99. The number of benzene rings is 2. The molecule has 0 saturated heterocycles. The highest BCUT2D eigenvalue weighted by Crippen LogP contribution is 2.31. The van der Waals surface area contributed by atoms with E-state index >= 15 is 0 Å². The quantitative estimate of drug-likeness (QED) is 0.546. The van der Waals surface area contributed by atoms with Crippen molar-refractivity contribution in [1.29, 1.82) is 0 Å². The monoisotopic (exact) mass is 346 g/mol. The fraction of sp³-hybridized carbons (Fsp3) is 0.0588. The highest BCUT2D eigenvalue weighted by atomic mass is 35.5. The van der Waals surface area contributed by atoms with Gasteiger partial charge in [-0.2, -0.15) is 5.10 Å². The van der Waals surface area contributed by atoms with E-state index in [9.17, 15) is 4.79 Å². The SMILES string of the molecule is Cc1ccc(/C=N/NC(=O)c2coc3c(Cl)cc(Cl)cc23)cc1. The maximum Gasteiger partial charge on any atom is 0.275 e. The number of rotatable bonds is 3. The Kier molecular flexibility index (Phi) is 4.37. The Hall–Kier alpha value is -2.30. The minimum atomic E-state index is -0.398. The molecule has 1 heterocycles. The summed E-state index contributed by atoms with van der Waals surface area (Å²) in [7, 11) is 0. The number of hydrogen-bond donors (Lipinski definition) is 1. The van der Waals surface area contributed by atoms with E-state index in [2.05, 4.69) is 10.5 Å². The van der Waals surface area contributed by atoms with E-state index in [1.807, 2.05) is 31.2 Å². The summed E-state index contributed by atoms with van der Waals surface area (Å²) in [4.78, 5) is 12.2. The Morgan fingerprint density at radius 1 is 1.22 bits per heavy atom. The molecule has 3 rings (SSSR count). The Bertz CT molecular complexity index is 899. The summed E-state index contributed by atoms with van der Waals surface area (Å²) in [6.45, 7) is 2.00. The maximum absolute atomic E-state index is 12.2. The molecule has 1 N–H and O–H groups in total. The van der Waals surface area contributed by atoms with Crippen LogP contribution in [0.25, 0.3) is 11.0 Å². The zero-order chi connectivity index (χ0) is 16.4. The number of hydrazone groups is 1. The van der Waals surface area contributed by atoms with Crippen LogP contribution in [0, 0.1) is 6.92 Å². The Morgan fingerprint density at radius 2 is 1.96 bits per heavy atom. The van der Waals surface area contributed by atoms with Crippen LogP contribution in [0.15, 0.2) is 52.2 Å². The van der Waals surface area contributed by atoms with Gasteiger partial charge in [0, 0.05) is 10.4 Å². The van der Waals surface area contributed by atoms with Crippen molar-refractivity contribution in [2.45, 2.75) is 6.92 Å². The van der Waals surface area contributed by atoms with Crippen molar-refractivity contribution in [3.05, 3.63) is 69.4 Å². The van der Waals surface area contributed by atoms with Crippen molar-refractivity contribution in [1.82, 2.24) is 5.43 Å². The third kappa shape index (κ3) is 3.38. The second-order valence-corrected chi connectivity index (χ2v) is 5.87. The lowest BCUT2D eigenvalue weighted by molar-refractivity contribution is 0.0956. The van der Waals surface area contributed by atoms with Crippen LogP contribution in [0.1, 0.15) is 21.5 Å². The largest absolute Gasteiger partial charge is 0.462 e. The molecule has 0 fully saturated rings. The first kappa shape index (κ1) is 15.6. The highest BCUT2D eigenvalue weighted by molar-refractivity contribution is 6.38. The molecule has 6 heteroatoms. The predicted molar refractivity (Wildman–Crippen MR) is 92.5 cm³/mol. The molecule has 0 bridgehead atoms. The highest BCUT2D eigenvalue weighted by Gasteiger charge is 2.16. The molecule has 0 spiro atoms. The van der Waals surface area contributed by atoms with Gasteiger partial charge in [0.15, 0.2) is 5.58 Å². The summed E-state index contributed by atoms with van der Waals surface area (Å²) in [5.41, 5.74) is 5.25. The minimum absolute atomic E-state index is 0.324. The van der Waals surface area contributed by atoms with E-state index in [0.29, 0.717) is 26.6 Å². The van der Waals surface area contributed by atoms with Gasteiger partial charge >= 0.3 is 0 Å². The van der Waals surface area contributed by atoms with E-state index in [1.54, 1.807) is 18.3 Å². The van der Waals surface area contributed by atoms with Crippen molar-refractivity contribution < 1.29 is 9.21 Å². The summed E-state index contributed by atoms with van der Waals surface area (Å²) < 4.78 is 5.33. The summed E-state index contributed by atoms with van der Waals surface area (Å²) in [6, 6.07) is 11.0. The molecule has 0 aliphatic rings. The number of nitrogens with one attached hydrogen (secondary N) is 1. The van der Waals surface area contributed by atoms with Crippen LogP contribution in [-0.4, -0.2) is 12.1 Å². The van der Waals surface area contributed by atoms with Gasteiger partial charge in [-0.1, -0.05) is 53.0 Å². The number of aryl methyl sites for hydroxylation is 1. The molecule has 4 nitrogen and oxygen atoms in total. The molecular weight excluding hydrogens is 335 g/mol. The average molecular weight is 347 g/mol. The van der Waals surface area contributed by atoms with Crippen LogP contribution in [0.2, 0.25) is 10.0 Å². The first-order valence-corrected chi connectivity index (χ1v) is 7.56. The lowest BCUT2D eigenvalue weighted by atomic mass is 10.1. The van der Waals surface area contributed by atoms with Crippen LogP contribution >= 0.6 is 23.2 Å². The number of hydrogen-bond acceptors (Lipinski definition) is 3. The van der Waals surface area contributed by atoms with Crippen LogP contribution in [-0.2, 0) is 0 Å². The second kappa shape index (κ2) is 6.44. The molecule has 0 aliphatic heterocycles. The van der Waals surface area contributed by atoms with Gasteiger partial charge in [-0.3, -0.25) is 4.79 Å². The number of nitrogens with zero attached hydrogens (tertiary/aromatic N) is 1. The fourth-order valence-electron chi connectivity index (χ4n) is 2.12. The topological polar surface area (TPSA) is 54.6 Å². The summed E-state index contributed by atoms with van der Waals surface area (Å²) in [5, 5.41) is 5.28. The second-order valence-electron chi connectivity index (χ2n) is 5.02. The molecule has 3 aromatic rings. The van der Waals surface area contributed by atoms with Gasteiger partial charge in [0.2, 0.25) is 0 Å². The zero-order valence-corrected chi connectivity index (χ0v) is 13.7. The van der Waals surface area contributed by atoms with E-state index in [-0.39, 0.29) is 0 Å². The van der Waals surface area contributed by atoms with Gasteiger partial charge < -0.3 is 4.42 Å². The molecule has 116 valence electrons. The molecule has 0 saturated carbocycles. The van der Waals surface area contributed by atoms with Gasteiger partial charge in [-0.25, -0.2) is 5.43 Å². The van der Waals surface area contributed by atoms with Crippen LogP contribution < -0.4 is 5.43 Å². The third-order valence-corrected chi connectivity index (χ3v) is 3.79. The first-order valence-electron chi connectivity index (χ1n) is 6.81. The summed E-state index contributed by atoms with van der Waals surface area (Å²) >= 11 is 12.0. The van der Waals surface area contributed by atoms with Crippen molar-refractivity contribution >= 4 is 46.3 Å². The average Bonchev–Trinajstić information content (AvgIpc) is 2.93. The van der Waals surface area contributed by atoms with Crippen molar-refractivity contribution in [3.8, 4) is 0 Å². The molecule has 23 heavy (non-hydrogen) atoms. The van der Waals surface area contributed by atoms with Crippen LogP contribution in [0.5, 0.6) is 0 Å². The van der Waals surface area contributed by atoms with E-state index in [1.165, 1.54) is 6.26 Å².